The van der Waals surface area contributed by atoms with Gasteiger partial charge >= 0.3 is 0 Å². The number of hydrogen-bond acceptors (Lipinski definition) is 4. The zero-order valence-electron chi connectivity index (χ0n) is 14.5. The number of para-hydroxylation sites is 1. The lowest BCUT2D eigenvalue weighted by molar-refractivity contribution is 0.275. The molecule has 0 aliphatic rings. The van der Waals surface area contributed by atoms with Crippen LogP contribution in [0.5, 0.6) is 5.75 Å². The third-order valence-electron chi connectivity index (χ3n) is 3.85. The average Bonchev–Trinajstić information content (AvgIpc) is 3.04. The van der Waals surface area contributed by atoms with Crippen LogP contribution in [-0.2, 0) is 13.2 Å². The van der Waals surface area contributed by atoms with Gasteiger partial charge in [-0.3, -0.25) is 4.57 Å². The Morgan fingerprint density at radius 1 is 1.15 bits per heavy atom. The first-order valence-electron chi connectivity index (χ1n) is 8.31. The number of aromatic nitrogens is 3. The Morgan fingerprint density at radius 2 is 1.88 bits per heavy atom. The van der Waals surface area contributed by atoms with Crippen LogP contribution in [-0.4, -0.2) is 14.8 Å². The fourth-order valence-corrected chi connectivity index (χ4v) is 3.48. The predicted octanol–water partition coefficient (Wildman–Crippen LogP) is 5.04. The molecule has 0 saturated heterocycles. The summed E-state index contributed by atoms with van der Waals surface area (Å²) in [5.41, 5.74) is 1.22. The first kappa shape index (κ1) is 18.2. The van der Waals surface area contributed by atoms with Crippen LogP contribution in [0.4, 0.5) is 4.39 Å². The molecule has 0 amide bonds. The maximum atomic E-state index is 13.7. The van der Waals surface area contributed by atoms with Gasteiger partial charge < -0.3 is 4.74 Å². The van der Waals surface area contributed by atoms with Gasteiger partial charge in [-0.05, 0) is 24.6 Å². The first-order valence-corrected chi connectivity index (χ1v) is 9.19. The Labute approximate surface area is 156 Å². The Bertz CT molecular complexity index is 867. The number of nitrogens with zero attached hydrogens (tertiary/aromatic N) is 3. The van der Waals surface area contributed by atoms with Crippen molar-refractivity contribution >= 4 is 11.8 Å². The molecular formula is C20H20FN3OS. The summed E-state index contributed by atoms with van der Waals surface area (Å²) < 4.78 is 21.2. The number of halogens is 1. The minimum Gasteiger partial charge on any atom is -0.483 e. The van der Waals surface area contributed by atoms with Crippen LogP contribution < -0.4 is 4.74 Å². The summed E-state index contributed by atoms with van der Waals surface area (Å²) >= 11 is 1.62. The molecule has 0 bridgehead atoms. The van der Waals surface area contributed by atoms with Crippen molar-refractivity contribution in [3.8, 4) is 5.75 Å². The molecule has 0 aliphatic heterocycles. The lowest BCUT2D eigenvalue weighted by Gasteiger charge is -2.13. The molecule has 3 rings (SSSR count). The second kappa shape index (κ2) is 8.67. The van der Waals surface area contributed by atoms with Crippen molar-refractivity contribution in [3.63, 3.8) is 0 Å². The van der Waals surface area contributed by atoms with E-state index in [1.165, 1.54) is 11.6 Å². The Balaban J connectivity index is 1.75. The van der Waals surface area contributed by atoms with Crippen molar-refractivity contribution in [2.45, 2.75) is 30.5 Å². The fraction of sp³-hybridized carbons (Fsp3) is 0.200. The molecule has 4 nitrogen and oxygen atoms in total. The summed E-state index contributed by atoms with van der Waals surface area (Å²) in [4.78, 5) is 0. The van der Waals surface area contributed by atoms with E-state index in [-0.39, 0.29) is 17.6 Å². The number of rotatable bonds is 8. The quantitative estimate of drug-likeness (QED) is 0.412. The molecule has 6 heteroatoms. The van der Waals surface area contributed by atoms with Crippen molar-refractivity contribution in [2.75, 3.05) is 0 Å². The van der Waals surface area contributed by atoms with Crippen LogP contribution in [0.3, 0.4) is 0 Å². The van der Waals surface area contributed by atoms with Gasteiger partial charge in [-0.2, -0.15) is 0 Å². The van der Waals surface area contributed by atoms with Crippen LogP contribution in [0.25, 0.3) is 0 Å². The van der Waals surface area contributed by atoms with Crippen LogP contribution in [0.2, 0.25) is 0 Å². The topological polar surface area (TPSA) is 39.9 Å². The highest BCUT2D eigenvalue weighted by Gasteiger charge is 2.16. The third kappa shape index (κ3) is 4.32. The Kier molecular flexibility index (Phi) is 6.07. The molecule has 26 heavy (non-hydrogen) atoms. The SMILES string of the molecule is C=CCn1c(COc2ccccc2F)nnc1S[C@H](C)c1ccccc1. The van der Waals surface area contributed by atoms with Crippen molar-refractivity contribution in [3.05, 3.63) is 84.5 Å². The maximum absolute atomic E-state index is 13.7. The molecule has 2 aromatic carbocycles. The monoisotopic (exact) mass is 369 g/mol. The Hall–Kier alpha value is -2.60. The van der Waals surface area contributed by atoms with E-state index in [2.05, 4.69) is 35.8 Å². The molecule has 0 spiro atoms. The second-order valence-corrected chi connectivity index (χ2v) is 7.00. The standard InChI is InChI=1S/C20H20FN3OS/c1-3-13-24-19(14-25-18-12-8-7-11-17(18)21)22-23-20(24)26-15(2)16-9-5-4-6-10-16/h3-12,15H,1,13-14H2,2H3/t15-/m1/s1. The molecule has 0 fully saturated rings. The number of ether oxygens (including phenoxy) is 1. The van der Waals surface area contributed by atoms with Crippen molar-refractivity contribution in [1.82, 2.24) is 14.8 Å². The molecule has 1 heterocycles. The van der Waals surface area contributed by atoms with Gasteiger partial charge in [0, 0.05) is 11.8 Å². The second-order valence-electron chi connectivity index (χ2n) is 5.69. The van der Waals surface area contributed by atoms with E-state index in [1.807, 2.05) is 22.8 Å². The van der Waals surface area contributed by atoms with E-state index in [0.717, 1.165) is 5.16 Å². The molecule has 0 saturated carbocycles. The summed E-state index contributed by atoms with van der Waals surface area (Å²) in [5.74, 6) is 0.443. The van der Waals surface area contributed by atoms with Crippen LogP contribution in [0, 0.1) is 5.82 Å². The molecule has 134 valence electrons. The van der Waals surface area contributed by atoms with Crippen molar-refractivity contribution < 1.29 is 9.13 Å². The average molecular weight is 369 g/mol. The van der Waals surface area contributed by atoms with E-state index >= 15 is 0 Å². The summed E-state index contributed by atoms with van der Waals surface area (Å²) in [6, 6.07) is 16.5. The number of allylic oxidation sites excluding steroid dienone is 1. The zero-order valence-corrected chi connectivity index (χ0v) is 15.3. The van der Waals surface area contributed by atoms with Gasteiger partial charge in [0.15, 0.2) is 22.5 Å². The third-order valence-corrected chi connectivity index (χ3v) is 4.99. The number of hydrogen-bond donors (Lipinski definition) is 0. The molecule has 0 aliphatic carbocycles. The highest BCUT2D eigenvalue weighted by molar-refractivity contribution is 7.99. The van der Waals surface area contributed by atoms with Gasteiger partial charge in [-0.1, -0.05) is 60.3 Å². The van der Waals surface area contributed by atoms with E-state index in [4.69, 9.17) is 4.74 Å². The van der Waals surface area contributed by atoms with E-state index in [9.17, 15) is 4.39 Å². The highest BCUT2D eigenvalue weighted by Crippen LogP contribution is 2.34. The minimum absolute atomic E-state index is 0.141. The maximum Gasteiger partial charge on any atom is 0.192 e. The highest BCUT2D eigenvalue weighted by atomic mass is 32.2. The molecule has 1 aromatic heterocycles. The largest absolute Gasteiger partial charge is 0.483 e. The fourth-order valence-electron chi connectivity index (χ4n) is 2.48. The predicted molar refractivity (Wildman–Crippen MR) is 102 cm³/mol. The van der Waals surface area contributed by atoms with Gasteiger partial charge in [0.1, 0.15) is 6.61 Å². The summed E-state index contributed by atoms with van der Waals surface area (Å²) in [5, 5.41) is 9.52. The molecule has 1 atom stereocenters. The van der Waals surface area contributed by atoms with E-state index in [1.54, 1.807) is 36.0 Å². The lowest BCUT2D eigenvalue weighted by Crippen LogP contribution is -2.08. The van der Waals surface area contributed by atoms with Gasteiger partial charge in [-0.25, -0.2) is 4.39 Å². The molecule has 0 radical (unpaired) electrons. The summed E-state index contributed by atoms with van der Waals surface area (Å²) in [6.45, 7) is 6.63. The van der Waals surface area contributed by atoms with Gasteiger partial charge in [0.05, 0.1) is 0 Å². The van der Waals surface area contributed by atoms with Gasteiger partial charge in [-0.15, -0.1) is 16.8 Å². The summed E-state index contributed by atoms with van der Waals surface area (Å²) in [7, 11) is 0. The Morgan fingerprint density at radius 3 is 2.62 bits per heavy atom. The molecule has 3 aromatic rings. The molecule has 0 N–H and O–H groups in total. The van der Waals surface area contributed by atoms with Crippen molar-refractivity contribution in [2.24, 2.45) is 0 Å². The van der Waals surface area contributed by atoms with E-state index < -0.39 is 5.82 Å². The first-order chi connectivity index (χ1) is 12.7. The van der Waals surface area contributed by atoms with E-state index in [0.29, 0.717) is 12.4 Å². The summed E-state index contributed by atoms with van der Waals surface area (Å²) in [6.07, 6.45) is 1.78. The molecule has 0 unspecified atom stereocenters. The van der Waals surface area contributed by atoms with Crippen LogP contribution in [0.1, 0.15) is 23.6 Å². The smallest absolute Gasteiger partial charge is 0.192 e. The van der Waals surface area contributed by atoms with Gasteiger partial charge in [0.2, 0.25) is 0 Å². The molecular weight excluding hydrogens is 349 g/mol. The zero-order chi connectivity index (χ0) is 18.4. The van der Waals surface area contributed by atoms with Gasteiger partial charge in [0.25, 0.3) is 0 Å². The van der Waals surface area contributed by atoms with Crippen LogP contribution in [0.15, 0.2) is 72.4 Å². The lowest BCUT2D eigenvalue weighted by atomic mass is 10.2. The van der Waals surface area contributed by atoms with Crippen LogP contribution >= 0.6 is 11.8 Å². The number of thioether (sulfide) groups is 1. The normalized spacial score (nSPS) is 11.9. The van der Waals surface area contributed by atoms with Crippen molar-refractivity contribution in [1.29, 1.82) is 0 Å². The number of benzene rings is 2. The minimum atomic E-state index is -0.394.